The van der Waals surface area contributed by atoms with E-state index in [1.165, 1.54) is 19.2 Å². The molecule has 0 amide bonds. The zero-order valence-electron chi connectivity index (χ0n) is 13.4. The fourth-order valence-electron chi connectivity index (χ4n) is 2.43. The molecule has 0 radical (unpaired) electrons. The van der Waals surface area contributed by atoms with E-state index in [2.05, 4.69) is 0 Å². The van der Waals surface area contributed by atoms with Crippen molar-refractivity contribution in [3.63, 3.8) is 0 Å². The summed E-state index contributed by atoms with van der Waals surface area (Å²) in [5, 5.41) is 0. The van der Waals surface area contributed by atoms with Crippen molar-refractivity contribution in [3.8, 4) is 5.75 Å². The van der Waals surface area contributed by atoms with E-state index in [-0.39, 0.29) is 24.1 Å². The number of rotatable bonds is 7. The maximum atomic E-state index is 13.9. The lowest BCUT2D eigenvalue weighted by Gasteiger charge is -2.16. The second kappa shape index (κ2) is 8.32. The number of halogens is 1. The summed E-state index contributed by atoms with van der Waals surface area (Å²) in [6, 6.07) is 14.3. The molecule has 0 fully saturated rings. The van der Waals surface area contributed by atoms with Gasteiger partial charge in [0.2, 0.25) is 0 Å². The topological polar surface area (TPSA) is 35.5 Å². The summed E-state index contributed by atoms with van der Waals surface area (Å²) in [7, 11) is 1.36. The second-order valence-corrected chi connectivity index (χ2v) is 5.38. The molecule has 2 aromatic carbocycles. The summed E-state index contributed by atoms with van der Waals surface area (Å²) in [5.74, 6) is -0.286. The highest BCUT2D eigenvalue weighted by Gasteiger charge is 2.16. The van der Waals surface area contributed by atoms with Gasteiger partial charge >= 0.3 is 5.97 Å². The maximum Gasteiger partial charge on any atom is 0.306 e. The first kappa shape index (κ1) is 17.0. The smallest absolute Gasteiger partial charge is 0.306 e. The molecule has 122 valence electrons. The van der Waals surface area contributed by atoms with Crippen LogP contribution >= 0.6 is 0 Å². The number of hydrogen-bond acceptors (Lipinski definition) is 3. The van der Waals surface area contributed by atoms with Crippen LogP contribution < -0.4 is 4.74 Å². The van der Waals surface area contributed by atoms with Crippen LogP contribution in [-0.2, 0) is 16.1 Å². The first-order valence-corrected chi connectivity index (χ1v) is 7.66. The SMILES string of the molecule is CC[C@H](CC(=O)OC)c1cc(F)cc(OCc2ccccc2)c1. The van der Waals surface area contributed by atoms with Gasteiger partial charge in [0.05, 0.1) is 13.5 Å². The molecule has 23 heavy (non-hydrogen) atoms. The van der Waals surface area contributed by atoms with Gasteiger partial charge < -0.3 is 9.47 Å². The first-order chi connectivity index (χ1) is 11.1. The van der Waals surface area contributed by atoms with Crippen LogP contribution in [0.4, 0.5) is 4.39 Å². The third-order valence-corrected chi connectivity index (χ3v) is 3.75. The van der Waals surface area contributed by atoms with Crippen LogP contribution in [0.3, 0.4) is 0 Å². The van der Waals surface area contributed by atoms with Crippen molar-refractivity contribution < 1.29 is 18.7 Å². The van der Waals surface area contributed by atoms with Gasteiger partial charge in [-0.25, -0.2) is 4.39 Å². The van der Waals surface area contributed by atoms with E-state index in [4.69, 9.17) is 9.47 Å². The maximum absolute atomic E-state index is 13.9. The van der Waals surface area contributed by atoms with E-state index in [0.717, 1.165) is 17.5 Å². The summed E-state index contributed by atoms with van der Waals surface area (Å²) in [6.07, 6.45) is 0.950. The molecule has 3 nitrogen and oxygen atoms in total. The Labute approximate surface area is 136 Å². The van der Waals surface area contributed by atoms with Gasteiger partial charge in [-0.2, -0.15) is 0 Å². The quantitative estimate of drug-likeness (QED) is 0.707. The Bertz CT molecular complexity index is 640. The highest BCUT2D eigenvalue weighted by atomic mass is 19.1. The normalized spacial score (nSPS) is 11.8. The van der Waals surface area contributed by atoms with Crippen molar-refractivity contribution in [1.29, 1.82) is 0 Å². The molecule has 0 unspecified atom stereocenters. The predicted molar refractivity (Wildman–Crippen MR) is 86.8 cm³/mol. The number of hydrogen-bond donors (Lipinski definition) is 0. The van der Waals surface area contributed by atoms with Crippen molar-refractivity contribution in [3.05, 3.63) is 65.5 Å². The molecule has 2 aromatic rings. The lowest BCUT2D eigenvalue weighted by atomic mass is 9.93. The van der Waals surface area contributed by atoms with Crippen LogP contribution in [0.1, 0.15) is 36.8 Å². The van der Waals surface area contributed by atoms with Crippen molar-refractivity contribution in [2.75, 3.05) is 7.11 Å². The Morgan fingerprint density at radius 1 is 1.17 bits per heavy atom. The summed E-state index contributed by atoms with van der Waals surface area (Å²) < 4.78 is 24.3. The van der Waals surface area contributed by atoms with E-state index >= 15 is 0 Å². The van der Waals surface area contributed by atoms with Crippen molar-refractivity contribution in [2.24, 2.45) is 0 Å². The average molecular weight is 316 g/mol. The monoisotopic (exact) mass is 316 g/mol. The molecular formula is C19H21FO3. The molecule has 0 spiro atoms. The number of carbonyl (C=O) groups is 1. The molecule has 0 aliphatic carbocycles. The molecule has 0 saturated heterocycles. The molecule has 0 heterocycles. The minimum atomic E-state index is -0.367. The molecular weight excluding hydrogens is 295 g/mol. The minimum Gasteiger partial charge on any atom is -0.489 e. The fraction of sp³-hybridized carbons (Fsp3) is 0.316. The zero-order chi connectivity index (χ0) is 16.7. The van der Waals surface area contributed by atoms with Gasteiger partial charge in [0, 0.05) is 6.07 Å². The van der Waals surface area contributed by atoms with Crippen LogP contribution in [0, 0.1) is 5.82 Å². The number of benzene rings is 2. The van der Waals surface area contributed by atoms with Gasteiger partial charge in [0.25, 0.3) is 0 Å². The van der Waals surface area contributed by atoms with Crippen LogP contribution in [0.15, 0.2) is 48.5 Å². The third-order valence-electron chi connectivity index (χ3n) is 3.75. The number of methoxy groups -OCH3 is 1. The summed E-state index contributed by atoms with van der Waals surface area (Å²) >= 11 is 0. The van der Waals surface area contributed by atoms with Gasteiger partial charge in [-0.05, 0) is 35.6 Å². The van der Waals surface area contributed by atoms with Gasteiger partial charge in [-0.1, -0.05) is 37.3 Å². The standard InChI is InChI=1S/C19H21FO3/c1-3-15(11-19(21)22-2)16-9-17(20)12-18(10-16)23-13-14-7-5-4-6-8-14/h4-10,12,15H,3,11,13H2,1-2H3/t15-/m1/s1. The van der Waals surface area contributed by atoms with Crippen LogP contribution in [0.25, 0.3) is 0 Å². The second-order valence-electron chi connectivity index (χ2n) is 5.38. The van der Waals surface area contributed by atoms with E-state index in [0.29, 0.717) is 12.4 Å². The molecule has 4 heteroatoms. The van der Waals surface area contributed by atoms with E-state index in [1.54, 1.807) is 6.07 Å². The van der Waals surface area contributed by atoms with Crippen molar-refractivity contribution in [2.45, 2.75) is 32.3 Å². The summed E-state index contributed by atoms with van der Waals surface area (Å²) in [4.78, 5) is 11.5. The minimum absolute atomic E-state index is 0.0859. The van der Waals surface area contributed by atoms with Crippen molar-refractivity contribution >= 4 is 5.97 Å². The van der Waals surface area contributed by atoms with Crippen LogP contribution in [0.2, 0.25) is 0 Å². The van der Waals surface area contributed by atoms with Crippen molar-refractivity contribution in [1.82, 2.24) is 0 Å². The fourth-order valence-corrected chi connectivity index (χ4v) is 2.43. The van der Waals surface area contributed by atoms with Crippen LogP contribution in [0.5, 0.6) is 5.75 Å². The molecule has 0 N–H and O–H groups in total. The Balaban J connectivity index is 2.12. The molecule has 0 saturated carbocycles. The lowest BCUT2D eigenvalue weighted by molar-refractivity contribution is -0.141. The Morgan fingerprint density at radius 3 is 2.57 bits per heavy atom. The molecule has 0 bridgehead atoms. The molecule has 0 aromatic heterocycles. The highest BCUT2D eigenvalue weighted by molar-refractivity contribution is 5.70. The summed E-state index contributed by atoms with van der Waals surface area (Å²) in [6.45, 7) is 2.33. The van der Waals surface area contributed by atoms with E-state index < -0.39 is 0 Å². The highest BCUT2D eigenvalue weighted by Crippen LogP contribution is 2.28. The Hall–Kier alpha value is -2.36. The Morgan fingerprint density at radius 2 is 1.91 bits per heavy atom. The lowest BCUT2D eigenvalue weighted by Crippen LogP contribution is -2.08. The number of carbonyl (C=O) groups excluding carboxylic acids is 1. The third kappa shape index (κ3) is 5.09. The van der Waals surface area contributed by atoms with Crippen LogP contribution in [-0.4, -0.2) is 13.1 Å². The number of esters is 1. The van der Waals surface area contributed by atoms with Gasteiger partial charge in [0.15, 0.2) is 0 Å². The average Bonchev–Trinajstić information content (AvgIpc) is 2.58. The Kier molecular flexibility index (Phi) is 6.15. The number of ether oxygens (including phenoxy) is 2. The molecule has 0 aliphatic rings. The molecule has 1 atom stereocenters. The van der Waals surface area contributed by atoms with Gasteiger partial charge in [0.1, 0.15) is 18.2 Å². The van der Waals surface area contributed by atoms with Gasteiger partial charge in [-0.3, -0.25) is 4.79 Å². The van der Waals surface area contributed by atoms with E-state index in [9.17, 15) is 9.18 Å². The van der Waals surface area contributed by atoms with Gasteiger partial charge in [-0.15, -0.1) is 0 Å². The first-order valence-electron chi connectivity index (χ1n) is 7.66. The molecule has 2 rings (SSSR count). The summed E-state index contributed by atoms with van der Waals surface area (Å²) in [5.41, 5.74) is 1.76. The zero-order valence-corrected chi connectivity index (χ0v) is 13.4. The predicted octanol–water partition coefficient (Wildman–Crippen LogP) is 4.46. The van der Waals surface area contributed by atoms with E-state index in [1.807, 2.05) is 37.3 Å². The largest absolute Gasteiger partial charge is 0.489 e. The molecule has 0 aliphatic heterocycles.